The van der Waals surface area contributed by atoms with E-state index in [2.05, 4.69) is 5.32 Å². The fraction of sp³-hybridized carbons (Fsp3) is 0.769. The quantitative estimate of drug-likeness (QED) is 0.807. The Balaban J connectivity index is 3.10. The summed E-state index contributed by atoms with van der Waals surface area (Å²) in [5.41, 5.74) is -2.09. The highest BCUT2D eigenvalue weighted by molar-refractivity contribution is 5.86. The summed E-state index contributed by atoms with van der Waals surface area (Å²) in [5, 5.41) is 2.08. The Bertz CT molecular complexity index is 352. The van der Waals surface area contributed by atoms with Crippen molar-refractivity contribution >= 4 is 5.91 Å². The van der Waals surface area contributed by atoms with E-state index in [1.807, 2.05) is 6.92 Å². The molecule has 0 aromatic heterocycles. The zero-order valence-electron chi connectivity index (χ0n) is 11.3. The highest BCUT2D eigenvalue weighted by atomic mass is 19.4. The molecule has 1 heterocycles. The van der Waals surface area contributed by atoms with E-state index >= 15 is 0 Å². The first kappa shape index (κ1) is 16.0. The van der Waals surface area contributed by atoms with Gasteiger partial charge in [0.05, 0.1) is 0 Å². The monoisotopic (exact) mass is 279 g/mol. The molecule has 6 heteroatoms. The predicted octanol–water partition coefficient (Wildman–Crippen LogP) is 2.96. The van der Waals surface area contributed by atoms with E-state index in [4.69, 9.17) is 4.74 Å². The first-order valence-corrected chi connectivity index (χ1v) is 6.48. The van der Waals surface area contributed by atoms with Crippen molar-refractivity contribution in [3.8, 4) is 0 Å². The zero-order valence-corrected chi connectivity index (χ0v) is 11.3. The van der Waals surface area contributed by atoms with Gasteiger partial charge in [0.1, 0.15) is 0 Å². The fourth-order valence-corrected chi connectivity index (χ4v) is 2.19. The van der Waals surface area contributed by atoms with Crippen molar-refractivity contribution in [1.82, 2.24) is 5.32 Å². The topological polar surface area (TPSA) is 38.3 Å². The fourth-order valence-electron chi connectivity index (χ4n) is 2.19. The second-order valence-corrected chi connectivity index (χ2v) is 4.68. The largest absolute Gasteiger partial charge is 0.426 e. The number of amides is 1. The van der Waals surface area contributed by atoms with Gasteiger partial charge in [0.15, 0.2) is 0 Å². The van der Waals surface area contributed by atoms with Gasteiger partial charge in [-0.1, -0.05) is 25.0 Å². The lowest BCUT2D eigenvalue weighted by Gasteiger charge is -2.32. The SMILES string of the molecule is CCC/C=C1/CCCOC(C(=O)NC)(C(F)(F)F)C1. The summed E-state index contributed by atoms with van der Waals surface area (Å²) in [4.78, 5) is 11.7. The van der Waals surface area contributed by atoms with E-state index in [1.165, 1.54) is 7.05 Å². The number of carbonyl (C=O) groups excluding carboxylic acids is 1. The van der Waals surface area contributed by atoms with Crippen molar-refractivity contribution in [2.75, 3.05) is 13.7 Å². The number of alkyl halides is 3. The van der Waals surface area contributed by atoms with E-state index < -0.39 is 24.1 Å². The normalized spacial score (nSPS) is 27.1. The predicted molar refractivity (Wildman–Crippen MR) is 65.6 cm³/mol. The summed E-state index contributed by atoms with van der Waals surface area (Å²) in [6.07, 6.45) is -0.684. The lowest BCUT2D eigenvalue weighted by Crippen LogP contribution is -2.58. The van der Waals surface area contributed by atoms with Crippen LogP contribution in [-0.2, 0) is 9.53 Å². The number of allylic oxidation sites excluding steroid dienone is 1. The van der Waals surface area contributed by atoms with Crippen LogP contribution in [0.25, 0.3) is 0 Å². The van der Waals surface area contributed by atoms with Gasteiger partial charge in [0.2, 0.25) is 5.60 Å². The van der Waals surface area contributed by atoms with E-state index in [0.29, 0.717) is 18.4 Å². The average Bonchev–Trinajstić information content (AvgIpc) is 2.58. The summed E-state index contributed by atoms with van der Waals surface area (Å²) in [7, 11) is 1.19. The molecular formula is C13H20F3NO2. The van der Waals surface area contributed by atoms with Gasteiger partial charge in [0.25, 0.3) is 5.91 Å². The molecule has 0 radical (unpaired) electrons. The van der Waals surface area contributed by atoms with Gasteiger partial charge in [-0.15, -0.1) is 0 Å². The van der Waals surface area contributed by atoms with Gasteiger partial charge in [-0.25, -0.2) is 0 Å². The van der Waals surface area contributed by atoms with Crippen molar-refractivity contribution in [2.24, 2.45) is 0 Å². The molecule has 1 aliphatic rings. The molecule has 1 aliphatic heterocycles. The second kappa shape index (κ2) is 6.41. The van der Waals surface area contributed by atoms with Crippen molar-refractivity contribution < 1.29 is 22.7 Å². The molecular weight excluding hydrogens is 259 g/mol. The minimum absolute atomic E-state index is 0.0591. The van der Waals surface area contributed by atoms with Crippen LogP contribution in [0.5, 0.6) is 0 Å². The van der Waals surface area contributed by atoms with Crippen LogP contribution in [0.3, 0.4) is 0 Å². The molecule has 0 saturated carbocycles. The van der Waals surface area contributed by atoms with Gasteiger partial charge in [-0.05, 0) is 19.3 Å². The Hall–Kier alpha value is -1.04. The van der Waals surface area contributed by atoms with Crippen molar-refractivity contribution in [1.29, 1.82) is 0 Å². The van der Waals surface area contributed by atoms with Crippen LogP contribution in [0, 0.1) is 0 Å². The molecule has 1 unspecified atom stereocenters. The molecule has 19 heavy (non-hydrogen) atoms. The molecule has 0 bridgehead atoms. The van der Waals surface area contributed by atoms with Crippen molar-refractivity contribution in [3.63, 3.8) is 0 Å². The van der Waals surface area contributed by atoms with Gasteiger partial charge in [0, 0.05) is 20.1 Å². The van der Waals surface area contributed by atoms with Gasteiger partial charge >= 0.3 is 6.18 Å². The maximum absolute atomic E-state index is 13.3. The third-order valence-corrected chi connectivity index (χ3v) is 3.24. The van der Waals surface area contributed by atoms with Crippen LogP contribution in [0.4, 0.5) is 13.2 Å². The lowest BCUT2D eigenvalue weighted by molar-refractivity contribution is -0.265. The maximum atomic E-state index is 13.3. The highest BCUT2D eigenvalue weighted by Crippen LogP contribution is 2.41. The Labute approximate surface area is 111 Å². The molecule has 3 nitrogen and oxygen atoms in total. The summed E-state index contributed by atoms with van der Waals surface area (Å²) in [5.74, 6) is -1.12. The smallest absolute Gasteiger partial charge is 0.357 e. The molecule has 0 aromatic rings. The Morgan fingerprint density at radius 2 is 2.21 bits per heavy atom. The molecule has 1 atom stereocenters. The van der Waals surface area contributed by atoms with Crippen LogP contribution in [0.2, 0.25) is 0 Å². The number of rotatable bonds is 3. The van der Waals surface area contributed by atoms with E-state index in [9.17, 15) is 18.0 Å². The first-order valence-electron chi connectivity index (χ1n) is 6.48. The third kappa shape index (κ3) is 3.49. The van der Waals surface area contributed by atoms with Gasteiger partial charge < -0.3 is 10.1 Å². The molecule has 1 rings (SSSR count). The van der Waals surface area contributed by atoms with Gasteiger partial charge in [-0.2, -0.15) is 13.2 Å². The zero-order chi connectivity index (χ0) is 14.5. The molecule has 0 aliphatic carbocycles. The van der Waals surface area contributed by atoms with Gasteiger partial charge in [-0.3, -0.25) is 4.79 Å². The summed E-state index contributed by atoms with van der Waals surface area (Å²) in [6, 6.07) is 0. The number of unbranched alkanes of at least 4 members (excludes halogenated alkanes) is 1. The van der Waals surface area contributed by atoms with Crippen LogP contribution < -0.4 is 5.32 Å². The summed E-state index contributed by atoms with van der Waals surface area (Å²) >= 11 is 0. The van der Waals surface area contributed by atoms with Crippen molar-refractivity contribution in [3.05, 3.63) is 11.6 Å². The number of hydrogen-bond donors (Lipinski definition) is 1. The van der Waals surface area contributed by atoms with E-state index in [0.717, 1.165) is 12.8 Å². The van der Waals surface area contributed by atoms with Crippen LogP contribution in [0.1, 0.15) is 39.0 Å². The van der Waals surface area contributed by atoms with E-state index in [1.54, 1.807) is 6.08 Å². The molecule has 1 amide bonds. The average molecular weight is 279 g/mol. The summed E-state index contributed by atoms with van der Waals surface area (Å²) in [6.45, 7) is 1.90. The molecule has 1 N–H and O–H groups in total. The number of likely N-dealkylation sites (N-methyl/N-ethyl adjacent to an activating group) is 1. The Morgan fingerprint density at radius 3 is 2.74 bits per heavy atom. The number of ether oxygens (including phenoxy) is 1. The van der Waals surface area contributed by atoms with Crippen LogP contribution in [0.15, 0.2) is 11.6 Å². The Kier molecular flexibility index (Phi) is 5.40. The highest BCUT2D eigenvalue weighted by Gasteiger charge is 2.62. The number of halogens is 3. The summed E-state index contributed by atoms with van der Waals surface area (Å²) < 4.78 is 44.8. The molecule has 1 saturated heterocycles. The second-order valence-electron chi connectivity index (χ2n) is 4.68. The van der Waals surface area contributed by atoms with Crippen LogP contribution in [-0.4, -0.2) is 31.3 Å². The third-order valence-electron chi connectivity index (χ3n) is 3.24. The standard InChI is InChI=1S/C13H20F3NO2/c1-3-4-6-10-7-5-8-19-12(9-10,11(18)17-2)13(14,15)16/h6H,3-5,7-9H2,1-2H3,(H,17,18)/b10-6-. The number of hydrogen-bond acceptors (Lipinski definition) is 2. The lowest BCUT2D eigenvalue weighted by atomic mass is 9.90. The molecule has 110 valence electrons. The number of carbonyl (C=O) groups is 1. The minimum atomic E-state index is -4.72. The first-order chi connectivity index (χ1) is 8.87. The molecule has 0 spiro atoms. The van der Waals surface area contributed by atoms with Crippen molar-refractivity contribution in [2.45, 2.75) is 50.8 Å². The maximum Gasteiger partial charge on any atom is 0.426 e. The minimum Gasteiger partial charge on any atom is -0.357 e. The van der Waals surface area contributed by atoms with Crippen LogP contribution >= 0.6 is 0 Å². The molecule has 1 fully saturated rings. The number of nitrogens with one attached hydrogen (secondary N) is 1. The van der Waals surface area contributed by atoms with E-state index in [-0.39, 0.29) is 6.61 Å². The Morgan fingerprint density at radius 1 is 1.53 bits per heavy atom. The molecule has 0 aromatic carbocycles.